The van der Waals surface area contributed by atoms with Crippen molar-refractivity contribution in [2.75, 3.05) is 5.32 Å². The highest BCUT2D eigenvalue weighted by molar-refractivity contribution is 8.00. The van der Waals surface area contributed by atoms with Gasteiger partial charge in [-0.3, -0.25) is 4.79 Å². The predicted octanol–water partition coefficient (Wildman–Crippen LogP) is 6.34. The SMILES string of the molecule is CCc1ccc(C(=O)Nc2cc(F)c(F)c(F)c2)cc1SC1CCCCC1. The number of amides is 1. The fraction of sp³-hybridized carbons (Fsp3) is 0.381. The number of carbonyl (C=O) groups is 1. The molecule has 3 rings (SSSR count). The fourth-order valence-electron chi connectivity index (χ4n) is 3.29. The van der Waals surface area contributed by atoms with E-state index in [1.54, 1.807) is 6.07 Å². The molecule has 1 N–H and O–H groups in total. The maximum Gasteiger partial charge on any atom is 0.255 e. The summed E-state index contributed by atoms with van der Waals surface area (Å²) in [5.41, 5.74) is 1.48. The summed E-state index contributed by atoms with van der Waals surface area (Å²) in [5.74, 6) is -4.69. The molecule has 1 aliphatic carbocycles. The van der Waals surface area contributed by atoms with Gasteiger partial charge < -0.3 is 5.32 Å². The van der Waals surface area contributed by atoms with Crippen LogP contribution in [0.25, 0.3) is 0 Å². The minimum atomic E-state index is -1.55. The van der Waals surface area contributed by atoms with Crippen molar-refractivity contribution in [3.63, 3.8) is 0 Å². The van der Waals surface area contributed by atoms with Gasteiger partial charge in [0.25, 0.3) is 5.91 Å². The van der Waals surface area contributed by atoms with Gasteiger partial charge in [-0.2, -0.15) is 0 Å². The number of hydrogen-bond donors (Lipinski definition) is 1. The van der Waals surface area contributed by atoms with Crippen LogP contribution in [0.4, 0.5) is 18.9 Å². The summed E-state index contributed by atoms with van der Waals surface area (Å²) in [5, 5.41) is 3.00. The molecule has 6 heteroatoms. The largest absolute Gasteiger partial charge is 0.322 e. The monoisotopic (exact) mass is 393 g/mol. The average molecular weight is 393 g/mol. The van der Waals surface area contributed by atoms with Crippen LogP contribution in [0.3, 0.4) is 0 Å². The Labute approximate surface area is 161 Å². The first-order chi connectivity index (χ1) is 13.0. The Balaban J connectivity index is 1.79. The van der Waals surface area contributed by atoms with Gasteiger partial charge in [0.2, 0.25) is 0 Å². The van der Waals surface area contributed by atoms with Crippen molar-refractivity contribution in [3.05, 3.63) is 58.9 Å². The van der Waals surface area contributed by atoms with Crippen molar-refractivity contribution in [1.82, 2.24) is 0 Å². The summed E-state index contributed by atoms with van der Waals surface area (Å²) >= 11 is 1.81. The fourth-order valence-corrected chi connectivity index (χ4v) is 4.78. The summed E-state index contributed by atoms with van der Waals surface area (Å²) < 4.78 is 39.8. The Kier molecular flexibility index (Phi) is 6.47. The summed E-state index contributed by atoms with van der Waals surface area (Å²) in [4.78, 5) is 13.6. The summed E-state index contributed by atoms with van der Waals surface area (Å²) in [6.07, 6.45) is 6.98. The molecule has 27 heavy (non-hydrogen) atoms. The molecule has 1 fully saturated rings. The van der Waals surface area contributed by atoms with Crippen LogP contribution in [0.1, 0.15) is 54.9 Å². The van der Waals surface area contributed by atoms with Gasteiger partial charge in [0, 0.05) is 33.5 Å². The van der Waals surface area contributed by atoms with Gasteiger partial charge in [0.05, 0.1) is 0 Å². The molecule has 0 spiro atoms. The Morgan fingerprint density at radius 1 is 1.07 bits per heavy atom. The van der Waals surface area contributed by atoms with Gasteiger partial charge in [-0.25, -0.2) is 13.2 Å². The molecule has 0 heterocycles. The number of anilines is 1. The number of thioether (sulfide) groups is 1. The number of aryl methyl sites for hydroxylation is 1. The lowest BCUT2D eigenvalue weighted by atomic mass is 10.0. The predicted molar refractivity (Wildman–Crippen MR) is 103 cm³/mol. The number of nitrogens with one attached hydrogen (secondary N) is 1. The van der Waals surface area contributed by atoms with E-state index < -0.39 is 23.4 Å². The van der Waals surface area contributed by atoms with Crippen LogP contribution in [-0.4, -0.2) is 11.2 Å². The molecule has 0 aromatic heterocycles. The third-order valence-corrected chi connectivity index (χ3v) is 6.24. The normalized spacial score (nSPS) is 15.0. The summed E-state index contributed by atoms with van der Waals surface area (Å²) in [7, 11) is 0. The van der Waals surface area contributed by atoms with Crippen LogP contribution in [-0.2, 0) is 6.42 Å². The van der Waals surface area contributed by atoms with Crippen molar-refractivity contribution >= 4 is 23.4 Å². The second-order valence-electron chi connectivity index (χ2n) is 6.76. The number of rotatable bonds is 5. The van der Waals surface area contributed by atoms with E-state index in [0.717, 1.165) is 23.4 Å². The third kappa shape index (κ3) is 4.86. The molecule has 0 bridgehead atoms. The summed E-state index contributed by atoms with van der Waals surface area (Å²) in [6, 6.07) is 7.01. The van der Waals surface area contributed by atoms with Crippen molar-refractivity contribution in [1.29, 1.82) is 0 Å². The molecular weight excluding hydrogens is 371 g/mol. The second kappa shape index (κ2) is 8.83. The van der Waals surface area contributed by atoms with Crippen molar-refractivity contribution < 1.29 is 18.0 Å². The lowest BCUT2D eigenvalue weighted by molar-refractivity contribution is 0.102. The maximum atomic E-state index is 13.3. The molecule has 2 aromatic carbocycles. The average Bonchev–Trinajstić information content (AvgIpc) is 2.66. The van der Waals surface area contributed by atoms with Crippen molar-refractivity contribution in [3.8, 4) is 0 Å². The second-order valence-corrected chi connectivity index (χ2v) is 8.10. The van der Waals surface area contributed by atoms with Crippen LogP contribution < -0.4 is 5.32 Å². The van der Waals surface area contributed by atoms with E-state index in [4.69, 9.17) is 0 Å². The van der Waals surface area contributed by atoms with Gasteiger partial charge in [-0.15, -0.1) is 11.8 Å². The smallest absolute Gasteiger partial charge is 0.255 e. The highest BCUT2D eigenvalue weighted by atomic mass is 32.2. The number of carbonyl (C=O) groups excluding carboxylic acids is 1. The topological polar surface area (TPSA) is 29.1 Å². The minimum Gasteiger partial charge on any atom is -0.322 e. The lowest BCUT2D eigenvalue weighted by Gasteiger charge is -2.22. The van der Waals surface area contributed by atoms with Gasteiger partial charge in [0.1, 0.15) is 0 Å². The zero-order valence-corrected chi connectivity index (χ0v) is 16.0. The Morgan fingerprint density at radius 2 is 1.74 bits per heavy atom. The standard InChI is InChI=1S/C21H22F3NOS/c1-2-13-8-9-14(10-19(13)27-16-6-4-3-5-7-16)21(26)25-15-11-17(22)20(24)18(23)12-15/h8-12,16H,2-7H2,1H3,(H,25,26). The molecule has 0 aliphatic heterocycles. The molecule has 0 unspecified atom stereocenters. The molecule has 1 saturated carbocycles. The van der Waals surface area contributed by atoms with Crippen molar-refractivity contribution in [2.45, 2.75) is 55.6 Å². The van der Waals surface area contributed by atoms with E-state index in [-0.39, 0.29) is 5.69 Å². The minimum absolute atomic E-state index is 0.113. The number of hydrogen-bond acceptors (Lipinski definition) is 2. The molecule has 0 atom stereocenters. The Morgan fingerprint density at radius 3 is 2.37 bits per heavy atom. The van der Waals surface area contributed by atoms with Gasteiger partial charge in [-0.1, -0.05) is 32.3 Å². The summed E-state index contributed by atoms with van der Waals surface area (Å²) in [6.45, 7) is 2.07. The van der Waals surface area contributed by atoms with Crippen LogP contribution >= 0.6 is 11.8 Å². The molecular formula is C21H22F3NOS. The Hall–Kier alpha value is -1.95. The third-order valence-electron chi connectivity index (χ3n) is 4.80. The zero-order chi connectivity index (χ0) is 19.4. The lowest BCUT2D eigenvalue weighted by Crippen LogP contribution is -2.13. The molecule has 1 aliphatic rings. The number of halogens is 3. The Bertz CT molecular complexity index is 811. The van der Waals surface area contributed by atoms with Gasteiger partial charge in [-0.05, 0) is 37.0 Å². The van der Waals surface area contributed by atoms with E-state index >= 15 is 0 Å². The van der Waals surface area contributed by atoms with Crippen molar-refractivity contribution in [2.24, 2.45) is 0 Å². The first-order valence-corrected chi connectivity index (χ1v) is 10.1. The highest BCUT2D eigenvalue weighted by Crippen LogP contribution is 2.36. The molecule has 1 amide bonds. The van der Waals surface area contributed by atoms with E-state index in [9.17, 15) is 18.0 Å². The quantitative estimate of drug-likeness (QED) is 0.600. The molecule has 2 nitrogen and oxygen atoms in total. The van der Waals surface area contributed by atoms with Crippen LogP contribution in [0.15, 0.2) is 35.2 Å². The van der Waals surface area contributed by atoms with Crippen LogP contribution in [0.2, 0.25) is 0 Å². The van der Waals surface area contributed by atoms with E-state index in [2.05, 4.69) is 12.2 Å². The first kappa shape index (κ1) is 19.8. The van der Waals surface area contributed by atoms with Gasteiger partial charge >= 0.3 is 0 Å². The zero-order valence-electron chi connectivity index (χ0n) is 15.2. The highest BCUT2D eigenvalue weighted by Gasteiger charge is 2.18. The molecule has 0 radical (unpaired) electrons. The molecule has 0 saturated heterocycles. The first-order valence-electron chi connectivity index (χ1n) is 9.23. The maximum absolute atomic E-state index is 13.3. The van der Waals surface area contributed by atoms with E-state index in [1.807, 2.05) is 23.9 Å². The van der Waals surface area contributed by atoms with E-state index in [1.165, 1.54) is 37.7 Å². The number of benzene rings is 2. The van der Waals surface area contributed by atoms with E-state index in [0.29, 0.717) is 10.8 Å². The van der Waals surface area contributed by atoms with Crippen LogP contribution in [0, 0.1) is 17.5 Å². The molecule has 144 valence electrons. The van der Waals surface area contributed by atoms with Gasteiger partial charge in [0.15, 0.2) is 17.5 Å². The molecule has 2 aromatic rings. The van der Waals surface area contributed by atoms with Crippen LogP contribution in [0.5, 0.6) is 0 Å².